The molecule has 1 aliphatic heterocycles. The molecular weight excluding hydrogens is 272 g/mol. The fraction of sp³-hybridized carbons (Fsp3) is 0.625. The van der Waals surface area contributed by atoms with Gasteiger partial charge in [0.25, 0.3) is 0 Å². The Labute approximate surface area is 127 Å². The molecule has 0 amide bonds. The highest BCUT2D eigenvalue weighted by Gasteiger charge is 2.33. The van der Waals surface area contributed by atoms with Gasteiger partial charge in [-0.2, -0.15) is 0 Å². The van der Waals surface area contributed by atoms with Crippen molar-refractivity contribution in [3.05, 3.63) is 34.9 Å². The highest BCUT2D eigenvalue weighted by Crippen LogP contribution is 2.32. The van der Waals surface area contributed by atoms with Crippen molar-refractivity contribution in [1.82, 2.24) is 4.90 Å². The van der Waals surface area contributed by atoms with Crippen LogP contribution in [0, 0.1) is 5.41 Å². The second-order valence-electron chi connectivity index (χ2n) is 5.96. The molecule has 1 aromatic carbocycles. The van der Waals surface area contributed by atoms with Crippen molar-refractivity contribution >= 4 is 11.6 Å². The molecule has 1 unspecified atom stereocenters. The summed E-state index contributed by atoms with van der Waals surface area (Å²) in [5.41, 5.74) is 7.54. The Hall–Kier alpha value is -0.610. The number of halogens is 1. The Morgan fingerprint density at radius 2 is 1.90 bits per heavy atom. The molecule has 112 valence electrons. The van der Waals surface area contributed by atoms with Crippen LogP contribution in [0.3, 0.4) is 0 Å². The van der Waals surface area contributed by atoms with Crippen LogP contribution in [0.25, 0.3) is 0 Å². The van der Waals surface area contributed by atoms with Gasteiger partial charge in [-0.1, -0.05) is 23.7 Å². The van der Waals surface area contributed by atoms with Crippen LogP contribution in [-0.2, 0) is 4.74 Å². The molecule has 1 fully saturated rings. The molecule has 0 spiro atoms. The Morgan fingerprint density at radius 1 is 1.30 bits per heavy atom. The van der Waals surface area contributed by atoms with Crippen molar-refractivity contribution in [3.63, 3.8) is 0 Å². The van der Waals surface area contributed by atoms with E-state index in [9.17, 15) is 0 Å². The first-order valence-electron chi connectivity index (χ1n) is 7.30. The summed E-state index contributed by atoms with van der Waals surface area (Å²) in [6, 6.07) is 8.46. The molecule has 1 saturated heterocycles. The summed E-state index contributed by atoms with van der Waals surface area (Å²) in [6.45, 7) is 5.64. The maximum atomic E-state index is 6.05. The van der Waals surface area contributed by atoms with Crippen molar-refractivity contribution in [1.29, 1.82) is 0 Å². The van der Waals surface area contributed by atoms with Gasteiger partial charge in [-0.15, -0.1) is 0 Å². The molecule has 4 heteroatoms. The van der Waals surface area contributed by atoms with Crippen molar-refractivity contribution in [3.8, 4) is 0 Å². The van der Waals surface area contributed by atoms with Crippen molar-refractivity contribution in [2.24, 2.45) is 11.1 Å². The topological polar surface area (TPSA) is 38.5 Å². The first-order chi connectivity index (χ1) is 9.56. The summed E-state index contributed by atoms with van der Waals surface area (Å²) in [6.07, 6.45) is 2.11. The van der Waals surface area contributed by atoms with E-state index in [2.05, 4.69) is 31.0 Å². The van der Waals surface area contributed by atoms with Crippen LogP contribution in [0.4, 0.5) is 0 Å². The molecule has 1 aliphatic rings. The molecule has 0 aliphatic carbocycles. The van der Waals surface area contributed by atoms with Gasteiger partial charge in [-0.3, -0.25) is 4.90 Å². The SMILES string of the molecule is CC(c1ccc(Cl)cc1)N(C)CC1(CN)CCOCC1. The highest BCUT2D eigenvalue weighted by molar-refractivity contribution is 6.30. The third-order valence-electron chi connectivity index (χ3n) is 4.58. The zero-order valence-corrected chi connectivity index (χ0v) is 13.2. The molecule has 0 radical (unpaired) electrons. The van der Waals surface area contributed by atoms with E-state index in [4.69, 9.17) is 22.1 Å². The average molecular weight is 297 g/mol. The van der Waals surface area contributed by atoms with Gasteiger partial charge in [0.05, 0.1) is 0 Å². The van der Waals surface area contributed by atoms with Crippen LogP contribution in [0.2, 0.25) is 5.02 Å². The molecule has 2 rings (SSSR count). The summed E-state index contributed by atoms with van der Waals surface area (Å²) in [5.74, 6) is 0. The Bertz CT molecular complexity index is 415. The lowest BCUT2D eigenvalue weighted by molar-refractivity contribution is -0.00153. The van der Waals surface area contributed by atoms with E-state index >= 15 is 0 Å². The van der Waals surface area contributed by atoms with Gasteiger partial charge >= 0.3 is 0 Å². The number of hydrogen-bond donors (Lipinski definition) is 1. The second kappa shape index (κ2) is 6.90. The maximum absolute atomic E-state index is 6.05. The van der Waals surface area contributed by atoms with E-state index in [0.29, 0.717) is 6.04 Å². The number of benzene rings is 1. The second-order valence-corrected chi connectivity index (χ2v) is 6.40. The minimum Gasteiger partial charge on any atom is -0.381 e. The first kappa shape index (κ1) is 15.8. The van der Waals surface area contributed by atoms with E-state index in [1.54, 1.807) is 0 Å². The van der Waals surface area contributed by atoms with Crippen LogP contribution in [-0.4, -0.2) is 38.3 Å². The minimum atomic E-state index is 0.202. The normalized spacial score (nSPS) is 20.1. The quantitative estimate of drug-likeness (QED) is 0.907. The Kier molecular flexibility index (Phi) is 5.44. The van der Waals surface area contributed by atoms with Gasteiger partial charge < -0.3 is 10.5 Å². The van der Waals surface area contributed by atoms with E-state index in [1.807, 2.05) is 12.1 Å². The fourth-order valence-electron chi connectivity index (χ4n) is 2.89. The standard InChI is InChI=1S/C16H25ClN2O/c1-13(14-3-5-15(17)6-4-14)19(2)12-16(11-18)7-9-20-10-8-16/h3-6,13H,7-12,18H2,1-2H3. The molecule has 0 saturated carbocycles. The van der Waals surface area contributed by atoms with Gasteiger partial charge in [-0.25, -0.2) is 0 Å². The Balaban J connectivity index is 2.02. The monoisotopic (exact) mass is 296 g/mol. The summed E-state index contributed by atoms with van der Waals surface area (Å²) in [4.78, 5) is 2.39. The van der Waals surface area contributed by atoms with E-state index < -0.39 is 0 Å². The Morgan fingerprint density at radius 3 is 2.45 bits per heavy atom. The largest absolute Gasteiger partial charge is 0.381 e. The van der Waals surface area contributed by atoms with Crippen molar-refractivity contribution in [2.45, 2.75) is 25.8 Å². The zero-order chi connectivity index (χ0) is 14.6. The number of rotatable bonds is 5. The predicted octanol–water partition coefficient (Wildman–Crippen LogP) is 3.09. The summed E-state index contributed by atoms with van der Waals surface area (Å²) < 4.78 is 5.48. The van der Waals surface area contributed by atoms with Crippen LogP contribution >= 0.6 is 11.6 Å². The zero-order valence-electron chi connectivity index (χ0n) is 12.4. The lowest BCUT2D eigenvalue weighted by atomic mass is 9.79. The molecule has 0 bridgehead atoms. The molecule has 1 atom stereocenters. The van der Waals surface area contributed by atoms with Crippen molar-refractivity contribution in [2.75, 3.05) is 33.4 Å². The van der Waals surface area contributed by atoms with Crippen LogP contribution < -0.4 is 5.73 Å². The van der Waals surface area contributed by atoms with Crippen molar-refractivity contribution < 1.29 is 4.74 Å². The fourth-order valence-corrected chi connectivity index (χ4v) is 3.02. The molecule has 1 heterocycles. The molecular formula is C16H25ClN2O. The van der Waals surface area contributed by atoms with Gasteiger partial charge in [0.15, 0.2) is 0 Å². The van der Waals surface area contributed by atoms with Gasteiger partial charge in [0.1, 0.15) is 0 Å². The van der Waals surface area contributed by atoms with Gasteiger partial charge in [-0.05, 0) is 56.5 Å². The van der Waals surface area contributed by atoms with Gasteiger partial charge in [0.2, 0.25) is 0 Å². The molecule has 1 aromatic rings. The maximum Gasteiger partial charge on any atom is 0.0472 e. The van der Waals surface area contributed by atoms with Gasteiger partial charge in [0, 0.05) is 30.8 Å². The number of nitrogens with zero attached hydrogens (tertiary/aromatic N) is 1. The summed E-state index contributed by atoms with van der Waals surface area (Å²) >= 11 is 5.95. The lowest BCUT2D eigenvalue weighted by Crippen LogP contribution is -2.45. The first-order valence-corrected chi connectivity index (χ1v) is 7.68. The summed E-state index contributed by atoms with van der Waals surface area (Å²) in [7, 11) is 2.17. The summed E-state index contributed by atoms with van der Waals surface area (Å²) in [5, 5.41) is 0.784. The molecule has 3 nitrogen and oxygen atoms in total. The predicted molar refractivity (Wildman–Crippen MR) is 84.0 cm³/mol. The third-order valence-corrected chi connectivity index (χ3v) is 4.84. The van der Waals surface area contributed by atoms with Crippen LogP contribution in [0.1, 0.15) is 31.4 Å². The van der Waals surface area contributed by atoms with E-state index in [1.165, 1.54) is 5.56 Å². The minimum absolute atomic E-state index is 0.202. The number of nitrogens with two attached hydrogens (primary N) is 1. The lowest BCUT2D eigenvalue weighted by Gasteiger charge is -2.41. The third kappa shape index (κ3) is 3.73. The number of hydrogen-bond acceptors (Lipinski definition) is 3. The molecule has 20 heavy (non-hydrogen) atoms. The molecule has 2 N–H and O–H groups in total. The van der Waals surface area contributed by atoms with Crippen LogP contribution in [0.15, 0.2) is 24.3 Å². The van der Waals surface area contributed by atoms with E-state index in [-0.39, 0.29) is 5.41 Å². The number of ether oxygens (including phenoxy) is 1. The van der Waals surface area contributed by atoms with Crippen LogP contribution in [0.5, 0.6) is 0 Å². The average Bonchev–Trinajstić information content (AvgIpc) is 2.48. The molecule has 0 aromatic heterocycles. The van der Waals surface area contributed by atoms with E-state index in [0.717, 1.165) is 44.2 Å². The highest BCUT2D eigenvalue weighted by atomic mass is 35.5. The smallest absolute Gasteiger partial charge is 0.0472 e.